The van der Waals surface area contributed by atoms with Gasteiger partial charge in [0.05, 0.1) is 46.4 Å². The normalized spacial score (nSPS) is 39.1. The number of nitrogens with zero attached hydrogens (tertiary/aromatic N) is 2. The number of carbonyl (C=O) groups is 1. The van der Waals surface area contributed by atoms with E-state index in [1.807, 2.05) is 0 Å². The number of nitrogens with two attached hydrogens (primary N) is 1. The van der Waals surface area contributed by atoms with Crippen LogP contribution in [-0.4, -0.2) is 73.9 Å². The molecule has 1 aromatic rings. The number of piperidine rings is 1. The van der Waals surface area contributed by atoms with E-state index in [2.05, 4.69) is 17.0 Å². The van der Waals surface area contributed by atoms with Crippen LogP contribution in [0, 0.1) is 5.92 Å². The van der Waals surface area contributed by atoms with Gasteiger partial charge in [0.25, 0.3) is 0 Å². The average molecular weight is 390 g/mol. The predicted molar refractivity (Wildman–Crippen MR) is 102 cm³/mol. The summed E-state index contributed by atoms with van der Waals surface area (Å²) >= 11 is 0. The van der Waals surface area contributed by atoms with Gasteiger partial charge in [0, 0.05) is 18.5 Å². The molecule has 28 heavy (non-hydrogen) atoms. The molecule has 4 aliphatic rings. The van der Waals surface area contributed by atoms with E-state index < -0.39 is 6.67 Å². The van der Waals surface area contributed by atoms with E-state index in [0.29, 0.717) is 17.4 Å². The van der Waals surface area contributed by atoms with Crippen molar-refractivity contribution in [3.05, 3.63) is 23.3 Å². The maximum atomic E-state index is 13.2. The first-order valence-corrected chi connectivity index (χ1v) is 10.2. The monoisotopic (exact) mass is 390 g/mol. The minimum atomic E-state index is -0.404. The summed E-state index contributed by atoms with van der Waals surface area (Å²) in [4.78, 5) is 15.2. The number of methoxy groups -OCH3 is 2. The van der Waals surface area contributed by atoms with Crippen LogP contribution in [0.4, 0.5) is 4.39 Å². The number of alkyl halides is 1. The van der Waals surface area contributed by atoms with Crippen molar-refractivity contribution < 1.29 is 23.1 Å². The van der Waals surface area contributed by atoms with E-state index in [4.69, 9.17) is 15.2 Å². The maximum absolute atomic E-state index is 13.2. The van der Waals surface area contributed by atoms with Crippen LogP contribution in [0.1, 0.15) is 30.0 Å². The third-order valence-electron chi connectivity index (χ3n) is 7.78. The van der Waals surface area contributed by atoms with E-state index in [-0.39, 0.29) is 29.4 Å². The molecule has 152 valence electrons. The average Bonchev–Trinajstić information content (AvgIpc) is 3.22. The zero-order valence-electron chi connectivity index (χ0n) is 16.6. The molecule has 1 amide bonds. The number of quaternary nitrogens is 1. The van der Waals surface area contributed by atoms with Crippen LogP contribution in [0.3, 0.4) is 0 Å². The Morgan fingerprint density at radius 3 is 2.75 bits per heavy atom. The molecule has 7 heteroatoms. The summed E-state index contributed by atoms with van der Waals surface area (Å²) in [5, 5.41) is 0. The lowest BCUT2D eigenvalue weighted by molar-refractivity contribution is -0.747. The fourth-order valence-corrected chi connectivity index (χ4v) is 6.24. The van der Waals surface area contributed by atoms with Gasteiger partial charge in [-0.2, -0.15) is 0 Å². The second-order valence-electron chi connectivity index (χ2n) is 9.01. The summed E-state index contributed by atoms with van der Waals surface area (Å²) in [6, 6.07) is 4.35. The van der Waals surface area contributed by atoms with Crippen molar-refractivity contribution in [2.45, 2.75) is 36.9 Å². The molecule has 2 unspecified atom stereocenters. The van der Waals surface area contributed by atoms with Crippen molar-refractivity contribution in [2.75, 3.05) is 47.1 Å². The standard InChI is InChI=1S/C21H29FN3O3/c1-27-17-6-14-3-4-24-11-21(12-25(21)10-13(9-22)5-20(25)26)19(23)8-16(24)15(14)7-18(17)28-2/h6-7,13,16,19H,3-5,8-12,23H2,1-2H3/q+1/t13-,16+,19+,21?,25?/m1/s1. The van der Waals surface area contributed by atoms with Crippen LogP contribution in [0.5, 0.6) is 11.5 Å². The third kappa shape index (κ3) is 2.27. The molecular weight excluding hydrogens is 361 g/mol. The maximum Gasteiger partial charge on any atom is 0.315 e. The summed E-state index contributed by atoms with van der Waals surface area (Å²) in [5.41, 5.74) is 9.06. The number of rotatable bonds is 3. The molecule has 5 rings (SSSR count). The largest absolute Gasteiger partial charge is 0.493 e. The fourth-order valence-electron chi connectivity index (χ4n) is 6.24. The quantitative estimate of drug-likeness (QED) is 0.625. The number of fused-ring (bicyclic) bond motifs is 4. The van der Waals surface area contributed by atoms with Crippen LogP contribution in [0.2, 0.25) is 0 Å². The lowest BCUT2D eigenvalue weighted by Crippen LogP contribution is -2.61. The number of ether oxygens (including phenoxy) is 2. The summed E-state index contributed by atoms with van der Waals surface area (Å²) in [7, 11) is 3.32. The van der Waals surface area contributed by atoms with Gasteiger partial charge < -0.3 is 15.2 Å². The van der Waals surface area contributed by atoms with Crippen LogP contribution < -0.4 is 15.2 Å². The molecule has 5 atom stereocenters. The van der Waals surface area contributed by atoms with Crippen molar-refractivity contribution in [1.82, 2.24) is 4.90 Å². The molecule has 0 bridgehead atoms. The van der Waals surface area contributed by atoms with E-state index in [1.54, 1.807) is 14.2 Å². The molecule has 1 aromatic carbocycles. The Balaban J connectivity index is 1.45. The zero-order chi connectivity index (χ0) is 19.7. The SMILES string of the molecule is COc1cc2c(cc1OC)[C@@H]1C[C@H](N)C3(CN1CC2)C[N+]31C[C@@H](CF)CC1=O. The first-order chi connectivity index (χ1) is 13.5. The molecule has 0 radical (unpaired) electrons. The van der Waals surface area contributed by atoms with E-state index >= 15 is 0 Å². The van der Waals surface area contributed by atoms with Gasteiger partial charge in [0.1, 0.15) is 6.54 Å². The van der Waals surface area contributed by atoms with Gasteiger partial charge in [-0.05, 0) is 36.1 Å². The van der Waals surface area contributed by atoms with Gasteiger partial charge in [-0.3, -0.25) is 9.29 Å². The van der Waals surface area contributed by atoms with Crippen molar-refractivity contribution in [3.8, 4) is 11.5 Å². The number of hydrogen-bond donors (Lipinski definition) is 1. The Morgan fingerprint density at radius 1 is 1.32 bits per heavy atom. The molecule has 4 aliphatic heterocycles. The highest BCUT2D eigenvalue weighted by molar-refractivity contribution is 5.74. The Kier molecular flexibility index (Phi) is 4.03. The lowest BCUT2D eigenvalue weighted by Gasteiger charge is -2.46. The number of carbonyl (C=O) groups excluding carboxylic acids is 1. The highest BCUT2D eigenvalue weighted by atomic mass is 19.1. The number of halogens is 1. The topological polar surface area (TPSA) is 64.8 Å². The molecule has 0 aromatic heterocycles. The molecular formula is C21H29FN3O3+. The van der Waals surface area contributed by atoms with Crippen LogP contribution >= 0.6 is 0 Å². The summed E-state index contributed by atoms with van der Waals surface area (Å²) in [6.07, 6.45) is 2.13. The molecule has 4 heterocycles. The molecule has 2 N–H and O–H groups in total. The molecule has 3 saturated heterocycles. The highest BCUT2D eigenvalue weighted by Gasteiger charge is 2.80. The van der Waals surface area contributed by atoms with Crippen LogP contribution in [0.25, 0.3) is 0 Å². The first-order valence-electron chi connectivity index (χ1n) is 10.2. The van der Waals surface area contributed by atoms with Crippen molar-refractivity contribution in [3.63, 3.8) is 0 Å². The minimum Gasteiger partial charge on any atom is -0.493 e. The van der Waals surface area contributed by atoms with E-state index in [9.17, 15) is 9.18 Å². The van der Waals surface area contributed by atoms with Crippen LogP contribution in [0.15, 0.2) is 12.1 Å². The zero-order valence-corrected chi connectivity index (χ0v) is 16.6. The number of benzene rings is 1. The third-order valence-corrected chi connectivity index (χ3v) is 7.78. The Labute approximate surface area is 165 Å². The van der Waals surface area contributed by atoms with Crippen molar-refractivity contribution >= 4 is 5.91 Å². The molecule has 0 saturated carbocycles. The van der Waals surface area contributed by atoms with Crippen LogP contribution in [-0.2, 0) is 11.2 Å². The second kappa shape index (κ2) is 6.15. The number of hydrogen-bond acceptors (Lipinski definition) is 5. The van der Waals surface area contributed by atoms with Gasteiger partial charge in [-0.1, -0.05) is 0 Å². The highest BCUT2D eigenvalue weighted by Crippen LogP contribution is 2.56. The Bertz CT molecular complexity index is 833. The predicted octanol–water partition coefficient (Wildman–Crippen LogP) is 1.42. The van der Waals surface area contributed by atoms with Gasteiger partial charge >= 0.3 is 5.91 Å². The Hall–Kier alpha value is -1.70. The van der Waals surface area contributed by atoms with E-state index in [0.717, 1.165) is 44.0 Å². The molecule has 3 fully saturated rings. The van der Waals surface area contributed by atoms with Crippen molar-refractivity contribution in [1.29, 1.82) is 0 Å². The lowest BCUT2D eigenvalue weighted by atomic mass is 9.80. The first kappa shape index (κ1) is 18.3. The van der Waals surface area contributed by atoms with Gasteiger partial charge in [0.2, 0.25) is 0 Å². The van der Waals surface area contributed by atoms with Gasteiger partial charge in [-0.25, -0.2) is 9.28 Å². The fraction of sp³-hybridized carbons (Fsp3) is 0.667. The smallest absolute Gasteiger partial charge is 0.315 e. The summed E-state index contributed by atoms with van der Waals surface area (Å²) < 4.78 is 24.6. The van der Waals surface area contributed by atoms with Gasteiger partial charge in [-0.15, -0.1) is 0 Å². The van der Waals surface area contributed by atoms with Gasteiger partial charge in [0.15, 0.2) is 17.0 Å². The minimum absolute atomic E-state index is 0.0601. The summed E-state index contributed by atoms with van der Waals surface area (Å²) in [5.74, 6) is 1.57. The second-order valence-corrected chi connectivity index (χ2v) is 9.01. The molecule has 6 nitrogen and oxygen atoms in total. The van der Waals surface area contributed by atoms with E-state index in [1.165, 1.54) is 11.1 Å². The summed E-state index contributed by atoms with van der Waals surface area (Å²) in [6.45, 7) is 2.77. The number of amides is 1. The van der Waals surface area contributed by atoms with Crippen molar-refractivity contribution in [2.24, 2.45) is 11.7 Å². The molecule has 2 spiro atoms. The molecule has 0 aliphatic carbocycles. The Morgan fingerprint density at radius 2 is 2.07 bits per heavy atom.